The van der Waals surface area contributed by atoms with Gasteiger partial charge in [0.2, 0.25) is 0 Å². The Balaban J connectivity index is 2.58. The van der Waals surface area contributed by atoms with Crippen LogP contribution in [0.15, 0.2) is 0 Å². The lowest BCUT2D eigenvalue weighted by Crippen LogP contribution is -2.22. The van der Waals surface area contributed by atoms with Gasteiger partial charge in [0.1, 0.15) is 0 Å². The first kappa shape index (κ1) is 10.3. The maximum absolute atomic E-state index is 12.3. The summed E-state index contributed by atoms with van der Waals surface area (Å²) in [6.07, 6.45) is 3.76. The minimum absolute atomic E-state index is 0.459. The zero-order valence-corrected chi connectivity index (χ0v) is 8.98. The summed E-state index contributed by atoms with van der Waals surface area (Å²) in [5, 5.41) is 0. The maximum atomic E-state index is 12.3. The van der Waals surface area contributed by atoms with E-state index in [-0.39, 0.29) is 0 Å². The third-order valence-corrected chi connectivity index (χ3v) is 6.92. The van der Waals surface area contributed by atoms with Crippen molar-refractivity contribution in [3.63, 3.8) is 0 Å². The predicted octanol–water partition coefficient (Wildman–Crippen LogP) is 2.57. The third kappa shape index (κ3) is 2.11. The molecule has 0 radical (unpaired) electrons. The maximum Gasteiger partial charge on any atom is 0.0903 e. The number of ether oxygens (including phenoxy) is 1. The average molecular weight is 190 g/mol. The van der Waals surface area contributed by atoms with Crippen LogP contribution in [-0.2, 0) is 9.30 Å². The number of hydrogen-bond donors (Lipinski definition) is 0. The summed E-state index contributed by atoms with van der Waals surface area (Å²) in [5.41, 5.74) is 0.459. The summed E-state index contributed by atoms with van der Waals surface area (Å²) in [4.78, 5) is 0. The van der Waals surface area contributed by atoms with Crippen LogP contribution in [0.2, 0.25) is 0 Å². The van der Waals surface area contributed by atoms with Crippen LogP contribution >= 0.6 is 7.14 Å². The Hall–Kier alpha value is 0.190. The van der Waals surface area contributed by atoms with E-state index in [4.69, 9.17) is 4.74 Å². The minimum atomic E-state index is -1.84. The Labute approximate surface area is 75.1 Å². The van der Waals surface area contributed by atoms with Gasteiger partial charge in [-0.05, 0) is 25.2 Å². The first-order valence-corrected chi connectivity index (χ1v) is 7.03. The topological polar surface area (TPSA) is 26.3 Å². The van der Waals surface area contributed by atoms with Gasteiger partial charge in [-0.1, -0.05) is 13.8 Å². The van der Waals surface area contributed by atoms with Crippen LogP contribution in [-0.4, -0.2) is 31.2 Å². The van der Waals surface area contributed by atoms with Crippen LogP contribution in [0, 0.1) is 0 Å². The number of hydrogen-bond acceptors (Lipinski definition) is 2. The van der Waals surface area contributed by atoms with Gasteiger partial charge in [0, 0.05) is 18.9 Å². The molecule has 0 unspecified atom stereocenters. The van der Waals surface area contributed by atoms with E-state index >= 15 is 0 Å². The highest BCUT2D eigenvalue weighted by Crippen LogP contribution is 2.53. The van der Waals surface area contributed by atoms with Gasteiger partial charge in [-0.3, -0.25) is 0 Å². The highest BCUT2D eigenvalue weighted by Gasteiger charge is 2.30. The zero-order valence-electron chi connectivity index (χ0n) is 8.08. The highest BCUT2D eigenvalue weighted by molar-refractivity contribution is 7.64. The molecular weight excluding hydrogens is 171 g/mol. The molecule has 3 heteroatoms. The van der Waals surface area contributed by atoms with Crippen LogP contribution in [0.1, 0.15) is 26.7 Å². The van der Waals surface area contributed by atoms with Crippen molar-refractivity contribution in [1.29, 1.82) is 0 Å². The second kappa shape index (κ2) is 4.43. The summed E-state index contributed by atoms with van der Waals surface area (Å²) >= 11 is 0. The molecule has 0 atom stereocenters. The van der Waals surface area contributed by atoms with Gasteiger partial charge in [0.25, 0.3) is 0 Å². The molecule has 0 aromatic heterocycles. The van der Waals surface area contributed by atoms with E-state index in [2.05, 4.69) is 13.8 Å². The molecule has 0 N–H and O–H groups in total. The molecule has 0 amide bonds. The molecule has 0 aromatic rings. The smallest absolute Gasteiger partial charge is 0.0903 e. The summed E-state index contributed by atoms with van der Waals surface area (Å²) < 4.78 is 17.5. The van der Waals surface area contributed by atoms with Gasteiger partial charge in [-0.25, -0.2) is 0 Å². The fourth-order valence-electron chi connectivity index (χ4n) is 1.90. The van der Waals surface area contributed by atoms with E-state index in [1.54, 1.807) is 0 Å². The van der Waals surface area contributed by atoms with Gasteiger partial charge in [0.15, 0.2) is 0 Å². The second-order valence-electron chi connectivity index (χ2n) is 3.43. The van der Waals surface area contributed by atoms with Gasteiger partial charge in [-0.15, -0.1) is 0 Å². The summed E-state index contributed by atoms with van der Waals surface area (Å²) in [5.74, 6) is 0. The molecule has 2 nitrogen and oxygen atoms in total. The van der Waals surface area contributed by atoms with Crippen molar-refractivity contribution < 1.29 is 9.30 Å². The standard InChI is InChI=1S/C9H19O2P/c1-3-12(10,4-2)9-5-7-11-8-6-9/h9H,3-8H2,1-2H3. The molecule has 1 fully saturated rings. The lowest BCUT2D eigenvalue weighted by molar-refractivity contribution is 0.0980. The average Bonchev–Trinajstić information content (AvgIpc) is 2.18. The molecule has 0 saturated carbocycles. The first-order chi connectivity index (χ1) is 5.73. The Morgan fingerprint density at radius 1 is 1.25 bits per heavy atom. The summed E-state index contributed by atoms with van der Waals surface area (Å²) in [6, 6.07) is 0. The Kier molecular flexibility index (Phi) is 3.79. The van der Waals surface area contributed by atoms with Crippen LogP contribution in [0.4, 0.5) is 0 Å². The van der Waals surface area contributed by atoms with E-state index in [9.17, 15) is 4.57 Å². The largest absolute Gasteiger partial charge is 0.381 e. The fraction of sp³-hybridized carbons (Fsp3) is 1.00. The SMILES string of the molecule is CCP(=O)(CC)C1CCOCC1. The van der Waals surface area contributed by atoms with Crippen LogP contribution in [0.5, 0.6) is 0 Å². The van der Waals surface area contributed by atoms with Crippen molar-refractivity contribution >= 4 is 7.14 Å². The molecule has 1 rings (SSSR count). The van der Waals surface area contributed by atoms with E-state index < -0.39 is 7.14 Å². The molecule has 72 valence electrons. The molecule has 0 spiro atoms. The quantitative estimate of drug-likeness (QED) is 0.639. The molecule has 0 bridgehead atoms. The fourth-order valence-corrected chi connectivity index (χ4v) is 4.53. The van der Waals surface area contributed by atoms with E-state index in [1.165, 1.54) is 0 Å². The van der Waals surface area contributed by atoms with Crippen molar-refractivity contribution in [2.75, 3.05) is 25.5 Å². The van der Waals surface area contributed by atoms with Crippen molar-refractivity contribution in [3.05, 3.63) is 0 Å². The molecule has 12 heavy (non-hydrogen) atoms. The van der Waals surface area contributed by atoms with Crippen molar-refractivity contribution in [3.8, 4) is 0 Å². The summed E-state index contributed by atoms with van der Waals surface area (Å²) in [7, 11) is -1.84. The highest BCUT2D eigenvalue weighted by atomic mass is 31.2. The van der Waals surface area contributed by atoms with Gasteiger partial charge < -0.3 is 9.30 Å². The van der Waals surface area contributed by atoms with E-state index in [0.29, 0.717) is 5.66 Å². The van der Waals surface area contributed by atoms with Crippen LogP contribution < -0.4 is 0 Å². The van der Waals surface area contributed by atoms with Gasteiger partial charge >= 0.3 is 0 Å². The van der Waals surface area contributed by atoms with Gasteiger partial charge in [-0.2, -0.15) is 0 Å². The molecule has 0 aromatic carbocycles. The molecule has 1 aliphatic rings. The van der Waals surface area contributed by atoms with E-state index in [1.807, 2.05) is 0 Å². The molecular formula is C9H19O2P. The monoisotopic (exact) mass is 190 g/mol. The normalized spacial score (nSPS) is 21.2. The molecule has 0 aliphatic carbocycles. The summed E-state index contributed by atoms with van der Waals surface area (Å²) in [6.45, 7) is 5.74. The predicted molar refractivity (Wildman–Crippen MR) is 52.5 cm³/mol. The lowest BCUT2D eigenvalue weighted by Gasteiger charge is -2.29. The molecule has 1 saturated heterocycles. The van der Waals surface area contributed by atoms with Crippen molar-refractivity contribution in [2.45, 2.75) is 32.3 Å². The first-order valence-electron chi connectivity index (χ1n) is 4.88. The number of rotatable bonds is 3. The van der Waals surface area contributed by atoms with Crippen molar-refractivity contribution in [2.24, 2.45) is 0 Å². The minimum Gasteiger partial charge on any atom is -0.381 e. The second-order valence-corrected chi connectivity index (χ2v) is 7.33. The molecule has 1 aliphatic heterocycles. The molecule has 1 heterocycles. The van der Waals surface area contributed by atoms with Crippen LogP contribution in [0.3, 0.4) is 0 Å². The Morgan fingerprint density at radius 3 is 2.17 bits per heavy atom. The van der Waals surface area contributed by atoms with Crippen molar-refractivity contribution in [1.82, 2.24) is 0 Å². The van der Waals surface area contributed by atoms with E-state index in [0.717, 1.165) is 38.4 Å². The Bertz CT molecular complexity index is 165. The Morgan fingerprint density at radius 2 is 1.75 bits per heavy atom. The lowest BCUT2D eigenvalue weighted by atomic mass is 10.2. The van der Waals surface area contributed by atoms with Crippen LogP contribution in [0.25, 0.3) is 0 Å². The third-order valence-electron chi connectivity index (χ3n) is 2.93. The van der Waals surface area contributed by atoms with Gasteiger partial charge in [0.05, 0.1) is 7.14 Å². The zero-order chi connectivity index (χ0) is 9.03.